The lowest BCUT2D eigenvalue weighted by Crippen LogP contribution is -2.00. The number of imidazole rings is 1. The summed E-state index contributed by atoms with van der Waals surface area (Å²) in [6.45, 7) is 0. The van der Waals surface area contributed by atoms with E-state index in [1.54, 1.807) is 31.5 Å². The van der Waals surface area contributed by atoms with Gasteiger partial charge in [0.1, 0.15) is 5.75 Å². The van der Waals surface area contributed by atoms with Crippen LogP contribution in [0, 0.1) is 0 Å². The lowest BCUT2D eigenvalue weighted by Gasteiger charge is -2.06. The fourth-order valence-electron chi connectivity index (χ4n) is 1.37. The van der Waals surface area contributed by atoms with Crippen LogP contribution in [0.5, 0.6) is 5.75 Å². The smallest absolute Gasteiger partial charge is 0.323 e. The van der Waals surface area contributed by atoms with E-state index in [1.165, 1.54) is 0 Å². The van der Waals surface area contributed by atoms with Crippen LogP contribution in [0.3, 0.4) is 0 Å². The van der Waals surface area contributed by atoms with Gasteiger partial charge in [0.05, 0.1) is 12.8 Å². The summed E-state index contributed by atoms with van der Waals surface area (Å²) < 4.78 is 5.17. The van der Waals surface area contributed by atoms with Gasteiger partial charge in [-0.3, -0.25) is 0 Å². The molecule has 5 heteroatoms. The molecule has 78 valence electrons. The molecule has 0 bridgehead atoms. The number of aromatic nitrogens is 2. The van der Waals surface area contributed by atoms with Crippen molar-refractivity contribution in [2.75, 3.05) is 7.11 Å². The van der Waals surface area contributed by atoms with Crippen molar-refractivity contribution in [1.29, 1.82) is 0 Å². The first-order chi connectivity index (χ1) is 7.20. The third-order valence-electron chi connectivity index (χ3n) is 2.05. The number of H-pyrrole nitrogens is 2. The first kappa shape index (κ1) is 9.86. The van der Waals surface area contributed by atoms with Crippen molar-refractivity contribution in [2.45, 2.75) is 0 Å². The second-order valence-electron chi connectivity index (χ2n) is 3.00. The van der Waals surface area contributed by atoms with Crippen molar-refractivity contribution >= 4 is 11.6 Å². The Hall–Kier alpha value is -1.68. The Morgan fingerprint density at radius 2 is 2.20 bits per heavy atom. The van der Waals surface area contributed by atoms with Crippen LogP contribution >= 0.6 is 11.6 Å². The fourth-order valence-corrected chi connectivity index (χ4v) is 1.54. The van der Waals surface area contributed by atoms with Crippen LogP contribution in [-0.2, 0) is 0 Å². The second-order valence-corrected chi connectivity index (χ2v) is 3.44. The lowest BCUT2D eigenvalue weighted by atomic mass is 10.1. The molecule has 2 rings (SSSR count). The number of hydrogen-bond acceptors (Lipinski definition) is 2. The summed E-state index contributed by atoms with van der Waals surface area (Å²) >= 11 is 5.87. The SMILES string of the molecule is COc1ccc(Cl)cc1-c1c[nH]c(=O)[nH]1. The molecule has 15 heavy (non-hydrogen) atoms. The number of benzene rings is 1. The number of nitrogens with one attached hydrogen (secondary N) is 2. The van der Waals surface area contributed by atoms with Gasteiger partial charge >= 0.3 is 5.69 Å². The van der Waals surface area contributed by atoms with E-state index in [-0.39, 0.29) is 5.69 Å². The molecule has 0 aliphatic rings. The van der Waals surface area contributed by atoms with E-state index >= 15 is 0 Å². The highest BCUT2D eigenvalue weighted by Crippen LogP contribution is 2.30. The van der Waals surface area contributed by atoms with Gasteiger partial charge in [-0.15, -0.1) is 0 Å². The predicted molar refractivity (Wildman–Crippen MR) is 58.4 cm³/mol. The maximum atomic E-state index is 11.0. The summed E-state index contributed by atoms with van der Waals surface area (Å²) in [6, 6.07) is 5.22. The second kappa shape index (κ2) is 3.82. The van der Waals surface area contributed by atoms with E-state index in [4.69, 9.17) is 16.3 Å². The molecule has 0 aliphatic carbocycles. The highest BCUT2D eigenvalue weighted by molar-refractivity contribution is 6.30. The van der Waals surface area contributed by atoms with Crippen LogP contribution in [0.2, 0.25) is 5.02 Å². The Labute approximate surface area is 90.9 Å². The van der Waals surface area contributed by atoms with Crippen molar-refractivity contribution in [1.82, 2.24) is 9.97 Å². The maximum absolute atomic E-state index is 11.0. The molecule has 0 fully saturated rings. The Kier molecular flexibility index (Phi) is 2.51. The fraction of sp³-hybridized carbons (Fsp3) is 0.100. The van der Waals surface area contributed by atoms with Crippen molar-refractivity contribution in [3.05, 3.63) is 39.9 Å². The minimum Gasteiger partial charge on any atom is -0.496 e. The summed E-state index contributed by atoms with van der Waals surface area (Å²) in [5, 5.41) is 0.591. The number of hydrogen-bond donors (Lipinski definition) is 2. The zero-order valence-corrected chi connectivity index (χ0v) is 8.76. The molecule has 2 aromatic rings. The van der Waals surface area contributed by atoms with Crippen LogP contribution in [0.15, 0.2) is 29.2 Å². The molecule has 0 unspecified atom stereocenters. The van der Waals surface area contributed by atoms with E-state index in [9.17, 15) is 4.79 Å². The summed E-state index contributed by atoms with van der Waals surface area (Å²) in [7, 11) is 1.57. The molecule has 2 N–H and O–H groups in total. The molecule has 0 saturated heterocycles. The van der Waals surface area contributed by atoms with Crippen LogP contribution in [-0.4, -0.2) is 17.1 Å². The number of halogens is 1. The molecule has 1 aromatic carbocycles. The van der Waals surface area contributed by atoms with Crippen LogP contribution < -0.4 is 10.4 Å². The van der Waals surface area contributed by atoms with E-state index < -0.39 is 0 Å². The Morgan fingerprint density at radius 1 is 1.40 bits per heavy atom. The van der Waals surface area contributed by atoms with Gasteiger partial charge in [-0.2, -0.15) is 0 Å². The average Bonchev–Trinajstić information content (AvgIpc) is 2.65. The normalized spacial score (nSPS) is 10.3. The number of ether oxygens (including phenoxy) is 1. The van der Waals surface area contributed by atoms with Gasteiger partial charge in [0.15, 0.2) is 0 Å². The van der Waals surface area contributed by atoms with E-state index in [0.717, 1.165) is 5.56 Å². The van der Waals surface area contributed by atoms with E-state index in [1.807, 2.05) is 0 Å². The van der Waals surface area contributed by atoms with Crippen LogP contribution in [0.4, 0.5) is 0 Å². The third-order valence-corrected chi connectivity index (χ3v) is 2.28. The zero-order valence-electron chi connectivity index (χ0n) is 8.00. The van der Waals surface area contributed by atoms with Gasteiger partial charge < -0.3 is 14.7 Å². The Bertz CT molecular complexity index is 530. The van der Waals surface area contributed by atoms with Gasteiger partial charge in [0, 0.05) is 16.8 Å². The standard InChI is InChI=1S/C10H9ClN2O2/c1-15-9-3-2-6(11)4-7(9)8-5-12-10(14)13-8/h2-5H,1H3,(H2,12,13,14). The Balaban J connectivity index is 2.59. The molecule has 1 heterocycles. The number of rotatable bonds is 2. The lowest BCUT2D eigenvalue weighted by molar-refractivity contribution is 0.416. The zero-order chi connectivity index (χ0) is 10.8. The number of aromatic amines is 2. The molecular weight excluding hydrogens is 216 g/mol. The molecule has 0 aliphatic heterocycles. The van der Waals surface area contributed by atoms with Gasteiger partial charge in [-0.25, -0.2) is 4.79 Å². The highest BCUT2D eigenvalue weighted by atomic mass is 35.5. The molecule has 0 amide bonds. The predicted octanol–water partition coefficient (Wildman–Crippen LogP) is 2.03. The number of methoxy groups -OCH3 is 1. The summed E-state index contributed by atoms with van der Waals surface area (Å²) in [5.74, 6) is 0.662. The first-order valence-corrected chi connectivity index (χ1v) is 4.70. The quantitative estimate of drug-likeness (QED) is 0.820. The van der Waals surface area contributed by atoms with Crippen molar-refractivity contribution in [3.8, 4) is 17.0 Å². The van der Waals surface area contributed by atoms with Gasteiger partial charge in [0.2, 0.25) is 0 Å². The molecule has 0 atom stereocenters. The summed E-state index contributed by atoms with van der Waals surface area (Å²) in [6.07, 6.45) is 1.58. The highest BCUT2D eigenvalue weighted by Gasteiger charge is 2.07. The minimum atomic E-state index is -0.257. The molecule has 0 radical (unpaired) electrons. The molecule has 4 nitrogen and oxygen atoms in total. The minimum absolute atomic E-state index is 0.257. The van der Waals surface area contributed by atoms with Crippen molar-refractivity contribution in [2.24, 2.45) is 0 Å². The van der Waals surface area contributed by atoms with Gasteiger partial charge in [-0.05, 0) is 18.2 Å². The topological polar surface area (TPSA) is 57.9 Å². The van der Waals surface area contributed by atoms with Crippen LogP contribution in [0.1, 0.15) is 0 Å². The van der Waals surface area contributed by atoms with Crippen molar-refractivity contribution in [3.63, 3.8) is 0 Å². The van der Waals surface area contributed by atoms with Gasteiger partial charge in [-0.1, -0.05) is 11.6 Å². The summed E-state index contributed by atoms with van der Waals surface area (Å²) in [5.41, 5.74) is 1.15. The monoisotopic (exact) mass is 224 g/mol. The van der Waals surface area contributed by atoms with E-state index in [2.05, 4.69) is 9.97 Å². The van der Waals surface area contributed by atoms with Crippen LogP contribution in [0.25, 0.3) is 11.3 Å². The third kappa shape index (κ3) is 1.89. The largest absolute Gasteiger partial charge is 0.496 e. The van der Waals surface area contributed by atoms with Crippen molar-refractivity contribution < 1.29 is 4.74 Å². The Morgan fingerprint density at radius 3 is 2.80 bits per heavy atom. The van der Waals surface area contributed by atoms with E-state index in [0.29, 0.717) is 16.5 Å². The maximum Gasteiger partial charge on any atom is 0.323 e. The molecular formula is C10H9ClN2O2. The first-order valence-electron chi connectivity index (χ1n) is 4.32. The molecule has 0 saturated carbocycles. The van der Waals surface area contributed by atoms with Gasteiger partial charge in [0.25, 0.3) is 0 Å². The molecule has 0 spiro atoms. The summed E-state index contributed by atoms with van der Waals surface area (Å²) in [4.78, 5) is 16.1. The average molecular weight is 225 g/mol. The molecule has 1 aromatic heterocycles.